The summed E-state index contributed by atoms with van der Waals surface area (Å²) in [4.78, 5) is 37.5. The molecular formula is C28H25N7O3. The fourth-order valence-corrected chi connectivity index (χ4v) is 4.46. The molecule has 10 heteroatoms. The van der Waals surface area contributed by atoms with Crippen LogP contribution in [0.25, 0.3) is 33.5 Å². The Kier molecular flexibility index (Phi) is 6.22. The number of benzene rings is 1. The summed E-state index contributed by atoms with van der Waals surface area (Å²) in [5, 5.41) is 0. The van der Waals surface area contributed by atoms with Gasteiger partial charge in [-0.2, -0.15) is 0 Å². The largest absolute Gasteiger partial charge is 0.458 e. The van der Waals surface area contributed by atoms with Gasteiger partial charge in [0.25, 0.3) is 0 Å². The van der Waals surface area contributed by atoms with Gasteiger partial charge < -0.3 is 19.8 Å². The van der Waals surface area contributed by atoms with Gasteiger partial charge in [0.15, 0.2) is 17.4 Å². The summed E-state index contributed by atoms with van der Waals surface area (Å²) in [6, 6.07) is 13.4. The van der Waals surface area contributed by atoms with Gasteiger partial charge in [-0.1, -0.05) is 24.3 Å². The highest BCUT2D eigenvalue weighted by Gasteiger charge is 2.20. The third-order valence-corrected chi connectivity index (χ3v) is 6.40. The van der Waals surface area contributed by atoms with E-state index in [4.69, 9.17) is 29.8 Å². The number of aryl methyl sites for hydroxylation is 1. The molecule has 0 aliphatic carbocycles. The van der Waals surface area contributed by atoms with Gasteiger partial charge >= 0.3 is 0 Å². The van der Waals surface area contributed by atoms with E-state index in [9.17, 15) is 4.79 Å². The maximum Gasteiger partial charge on any atom is 0.219 e. The van der Waals surface area contributed by atoms with E-state index >= 15 is 0 Å². The Morgan fingerprint density at radius 3 is 2.50 bits per heavy atom. The first-order valence-electron chi connectivity index (χ1n) is 12.3. The maximum absolute atomic E-state index is 12.7. The smallest absolute Gasteiger partial charge is 0.219 e. The Balaban J connectivity index is 1.39. The molecule has 5 heterocycles. The van der Waals surface area contributed by atoms with Crippen LogP contribution in [0.5, 0.6) is 0 Å². The molecule has 190 valence electrons. The van der Waals surface area contributed by atoms with Crippen LogP contribution in [0, 0.1) is 6.92 Å². The first-order valence-corrected chi connectivity index (χ1v) is 12.3. The van der Waals surface area contributed by atoms with E-state index in [-0.39, 0.29) is 18.2 Å². The van der Waals surface area contributed by atoms with E-state index in [0.717, 1.165) is 22.5 Å². The number of morpholine rings is 1. The lowest BCUT2D eigenvalue weighted by Gasteiger charge is -2.28. The summed E-state index contributed by atoms with van der Waals surface area (Å²) in [6.07, 6.45) is 5.29. The Labute approximate surface area is 218 Å². The molecule has 1 aliphatic heterocycles. The third kappa shape index (κ3) is 4.81. The van der Waals surface area contributed by atoms with Crippen molar-refractivity contribution in [1.82, 2.24) is 24.9 Å². The van der Waals surface area contributed by atoms with Crippen LogP contribution < -0.4 is 10.6 Å². The summed E-state index contributed by atoms with van der Waals surface area (Å²) in [6.45, 7) is 4.47. The zero-order valence-electron chi connectivity index (χ0n) is 20.8. The van der Waals surface area contributed by atoms with E-state index in [1.54, 1.807) is 24.5 Å². The Hall–Kier alpha value is -4.70. The number of Topliss-reactive ketones (excluding diaryl/α,β-unsaturated/α-hetero) is 1. The van der Waals surface area contributed by atoms with E-state index in [2.05, 4.69) is 14.9 Å². The van der Waals surface area contributed by atoms with Crippen LogP contribution in [0.1, 0.15) is 21.9 Å². The number of anilines is 2. The number of hydrogen-bond acceptors (Lipinski definition) is 10. The molecule has 0 amide bonds. The molecule has 2 N–H and O–H groups in total. The van der Waals surface area contributed by atoms with Crippen LogP contribution in [-0.2, 0) is 11.2 Å². The third-order valence-electron chi connectivity index (χ3n) is 6.40. The van der Waals surface area contributed by atoms with Crippen molar-refractivity contribution in [1.29, 1.82) is 0 Å². The van der Waals surface area contributed by atoms with Crippen LogP contribution in [0.3, 0.4) is 0 Å². The van der Waals surface area contributed by atoms with Crippen molar-refractivity contribution in [2.45, 2.75) is 13.3 Å². The van der Waals surface area contributed by atoms with Gasteiger partial charge in [-0.3, -0.25) is 9.78 Å². The monoisotopic (exact) mass is 507 g/mol. The van der Waals surface area contributed by atoms with E-state index < -0.39 is 0 Å². The summed E-state index contributed by atoms with van der Waals surface area (Å²) in [5.41, 5.74) is 10.4. The molecule has 0 atom stereocenters. The van der Waals surface area contributed by atoms with Crippen LogP contribution in [0.15, 0.2) is 65.5 Å². The number of rotatable bonds is 6. The lowest BCUT2D eigenvalue weighted by molar-refractivity contribution is 0.0965. The number of pyridine rings is 1. The molecule has 0 radical (unpaired) electrons. The molecule has 38 heavy (non-hydrogen) atoms. The van der Waals surface area contributed by atoms with Gasteiger partial charge in [-0.25, -0.2) is 19.9 Å². The molecule has 1 aliphatic rings. The van der Waals surface area contributed by atoms with Gasteiger partial charge in [0, 0.05) is 43.7 Å². The lowest BCUT2D eigenvalue weighted by atomic mass is 10.0. The maximum atomic E-state index is 12.7. The summed E-state index contributed by atoms with van der Waals surface area (Å²) in [5.74, 6) is 2.44. The van der Waals surface area contributed by atoms with Gasteiger partial charge in [-0.15, -0.1) is 0 Å². The first-order chi connectivity index (χ1) is 18.5. The van der Waals surface area contributed by atoms with E-state index in [1.807, 2.05) is 43.5 Å². The minimum atomic E-state index is -0.0647. The van der Waals surface area contributed by atoms with Crippen molar-refractivity contribution in [3.05, 3.63) is 78.1 Å². The highest BCUT2D eigenvalue weighted by molar-refractivity contribution is 5.95. The molecule has 6 rings (SSSR count). The topological polar surface area (TPSA) is 133 Å². The van der Waals surface area contributed by atoms with Crippen LogP contribution in [-0.4, -0.2) is 57.0 Å². The minimum absolute atomic E-state index is 0.0647. The van der Waals surface area contributed by atoms with Crippen molar-refractivity contribution in [3.8, 4) is 22.5 Å². The van der Waals surface area contributed by atoms with Crippen molar-refractivity contribution in [2.24, 2.45) is 0 Å². The van der Waals surface area contributed by atoms with Crippen molar-refractivity contribution < 1.29 is 13.9 Å². The zero-order chi connectivity index (χ0) is 26.1. The Morgan fingerprint density at radius 1 is 0.947 bits per heavy atom. The average Bonchev–Trinajstić information content (AvgIpc) is 3.39. The second-order valence-electron chi connectivity index (χ2n) is 9.10. The first kappa shape index (κ1) is 23.7. The molecule has 1 saturated heterocycles. The van der Waals surface area contributed by atoms with Crippen LogP contribution in [0.4, 0.5) is 11.8 Å². The van der Waals surface area contributed by atoms with Crippen LogP contribution >= 0.6 is 0 Å². The van der Waals surface area contributed by atoms with Crippen LogP contribution in [0.2, 0.25) is 0 Å². The molecule has 1 fully saturated rings. The number of carbonyl (C=O) groups excluding carboxylic acids is 1. The number of hydrogen-bond donors (Lipinski definition) is 1. The number of nitrogen functional groups attached to an aromatic ring is 1. The Morgan fingerprint density at radius 2 is 1.74 bits per heavy atom. The number of furan rings is 1. The quantitative estimate of drug-likeness (QED) is 0.337. The van der Waals surface area contributed by atoms with Gasteiger partial charge in [0.2, 0.25) is 11.7 Å². The zero-order valence-corrected chi connectivity index (χ0v) is 20.8. The fraction of sp³-hybridized carbons (Fsp3) is 0.214. The highest BCUT2D eigenvalue weighted by atomic mass is 16.5. The molecule has 0 saturated carbocycles. The number of ether oxygens (including phenoxy) is 1. The molecule has 5 aromatic rings. The number of fused-ring (bicyclic) bond motifs is 1. The summed E-state index contributed by atoms with van der Waals surface area (Å²) < 4.78 is 11.0. The second-order valence-corrected chi connectivity index (χ2v) is 9.10. The molecule has 1 aromatic carbocycles. The second kappa shape index (κ2) is 9.98. The molecule has 4 aromatic heterocycles. The average molecular weight is 508 g/mol. The number of carbonyl (C=O) groups is 1. The van der Waals surface area contributed by atoms with E-state index in [1.165, 1.54) is 0 Å². The normalized spacial score (nSPS) is 13.7. The molecule has 10 nitrogen and oxygen atoms in total. The molecular weight excluding hydrogens is 482 g/mol. The van der Waals surface area contributed by atoms with Gasteiger partial charge in [-0.05, 0) is 36.2 Å². The number of ketones is 1. The highest BCUT2D eigenvalue weighted by Crippen LogP contribution is 2.30. The summed E-state index contributed by atoms with van der Waals surface area (Å²) in [7, 11) is 0. The number of nitrogens with two attached hydrogens (primary N) is 1. The SMILES string of the molecule is Cc1ccc(C(=O)Cc2cccc(-c3cnc4c(N5CCOCC5)nc(-c5cnc(N)nc5)nc4c3)c2)o1. The lowest BCUT2D eigenvalue weighted by Crippen LogP contribution is -2.37. The predicted octanol–water partition coefficient (Wildman–Crippen LogP) is 3.89. The van der Waals surface area contributed by atoms with Crippen molar-refractivity contribution in [3.63, 3.8) is 0 Å². The standard InChI is InChI=1S/C28H25N7O3/c1-17-5-6-24(38-17)23(36)12-18-3-2-4-19(11-18)20-13-22-25(30-14-20)27(35-7-9-37-10-8-35)34-26(33-22)21-15-31-28(29)32-16-21/h2-6,11,13-16H,7-10,12H2,1H3,(H2,29,31,32). The van der Waals surface area contributed by atoms with Gasteiger partial charge in [0.1, 0.15) is 11.3 Å². The Bertz CT molecular complexity index is 1630. The predicted molar refractivity (Wildman–Crippen MR) is 143 cm³/mol. The number of nitrogens with zero attached hydrogens (tertiary/aromatic N) is 6. The molecule has 0 unspecified atom stereocenters. The minimum Gasteiger partial charge on any atom is -0.458 e. The number of aromatic nitrogens is 5. The van der Waals surface area contributed by atoms with Crippen molar-refractivity contribution >= 4 is 28.6 Å². The molecule has 0 spiro atoms. The molecule has 0 bridgehead atoms. The van der Waals surface area contributed by atoms with E-state index in [0.29, 0.717) is 60.2 Å². The van der Waals surface area contributed by atoms with Gasteiger partial charge in [0.05, 0.1) is 24.3 Å². The van der Waals surface area contributed by atoms with Crippen molar-refractivity contribution in [2.75, 3.05) is 36.9 Å². The summed E-state index contributed by atoms with van der Waals surface area (Å²) >= 11 is 0. The fourth-order valence-electron chi connectivity index (χ4n) is 4.46.